The highest BCUT2D eigenvalue weighted by molar-refractivity contribution is 7.80. The average molecular weight is 233 g/mol. The molecule has 0 unspecified atom stereocenters. The van der Waals surface area contributed by atoms with E-state index in [-0.39, 0.29) is 0 Å². The average Bonchev–Trinajstić information content (AvgIpc) is 2.34. The second-order valence-electron chi connectivity index (χ2n) is 3.64. The number of nitrogens with zero attached hydrogens (tertiary/aromatic N) is 1. The Morgan fingerprint density at radius 3 is 3.00 bits per heavy atom. The van der Waals surface area contributed by atoms with Gasteiger partial charge >= 0.3 is 0 Å². The summed E-state index contributed by atoms with van der Waals surface area (Å²) in [5.74, 6) is 1.84. The van der Waals surface area contributed by atoms with E-state index in [4.69, 9.17) is 4.74 Å². The lowest BCUT2D eigenvalue weighted by Crippen LogP contribution is -1.97. The zero-order valence-corrected chi connectivity index (χ0v) is 9.99. The first-order valence-electron chi connectivity index (χ1n) is 5.48. The number of fused-ring (bicyclic) bond motifs is 1. The predicted octanol–water partition coefficient (Wildman–Crippen LogP) is 3.32. The van der Waals surface area contributed by atoms with Crippen molar-refractivity contribution in [1.29, 1.82) is 0 Å². The molecule has 84 valence electrons. The van der Waals surface area contributed by atoms with Crippen molar-refractivity contribution in [3.05, 3.63) is 36.5 Å². The molecule has 0 bridgehead atoms. The number of hydrogen-bond donors (Lipinski definition) is 1. The fourth-order valence-electron chi connectivity index (χ4n) is 1.55. The highest BCUT2D eigenvalue weighted by atomic mass is 32.1. The molecule has 2 rings (SSSR count). The van der Waals surface area contributed by atoms with E-state index in [1.165, 1.54) is 0 Å². The second kappa shape index (κ2) is 5.75. The Kier molecular flexibility index (Phi) is 4.05. The molecule has 1 heterocycles. The van der Waals surface area contributed by atoms with E-state index >= 15 is 0 Å². The molecule has 0 aliphatic carbocycles. The first-order chi connectivity index (χ1) is 7.90. The maximum absolute atomic E-state index is 5.65. The van der Waals surface area contributed by atoms with Gasteiger partial charge in [0.25, 0.3) is 0 Å². The summed E-state index contributed by atoms with van der Waals surface area (Å²) in [5.41, 5.74) is 1.00. The monoisotopic (exact) mass is 233 g/mol. The van der Waals surface area contributed by atoms with Gasteiger partial charge in [-0.1, -0.05) is 6.07 Å². The third-order valence-corrected chi connectivity index (χ3v) is 2.71. The molecule has 0 spiro atoms. The van der Waals surface area contributed by atoms with Crippen LogP contribution in [0.3, 0.4) is 0 Å². The Balaban J connectivity index is 2.02. The highest BCUT2D eigenvalue weighted by Crippen LogP contribution is 2.19. The minimum atomic E-state index is 0.756. The molecule has 2 nitrogen and oxygen atoms in total. The number of thiol groups is 1. The second-order valence-corrected chi connectivity index (χ2v) is 4.08. The Hall–Kier alpha value is -1.22. The molecule has 0 aliphatic heterocycles. The third kappa shape index (κ3) is 2.89. The van der Waals surface area contributed by atoms with Crippen molar-refractivity contribution in [3.8, 4) is 5.75 Å². The molecule has 2 aromatic rings. The quantitative estimate of drug-likeness (QED) is 0.632. The number of hydrogen-bond acceptors (Lipinski definition) is 3. The third-order valence-electron chi connectivity index (χ3n) is 2.40. The van der Waals surface area contributed by atoms with E-state index in [9.17, 15) is 0 Å². The Morgan fingerprint density at radius 2 is 2.12 bits per heavy atom. The maximum Gasteiger partial charge on any atom is 0.120 e. The lowest BCUT2D eigenvalue weighted by Gasteiger charge is -2.06. The van der Waals surface area contributed by atoms with Gasteiger partial charge in [-0.25, -0.2) is 0 Å². The minimum Gasteiger partial charge on any atom is -0.494 e. The molecular weight excluding hydrogens is 218 g/mol. The van der Waals surface area contributed by atoms with Crippen LogP contribution in [0.15, 0.2) is 36.5 Å². The molecule has 0 amide bonds. The van der Waals surface area contributed by atoms with Gasteiger partial charge in [0.05, 0.1) is 12.1 Å². The van der Waals surface area contributed by atoms with Crippen LogP contribution in [0.5, 0.6) is 5.75 Å². The number of ether oxygens (including phenoxy) is 1. The standard InChI is InChI=1S/C13H15NOS/c16-9-2-1-8-15-12-5-6-13-11(10-12)4-3-7-14-13/h3-7,10,16H,1-2,8-9H2. The van der Waals surface area contributed by atoms with Crippen LogP contribution < -0.4 is 4.74 Å². The minimum absolute atomic E-state index is 0.756. The van der Waals surface area contributed by atoms with Gasteiger partial charge in [0.2, 0.25) is 0 Å². The van der Waals surface area contributed by atoms with Crippen LogP contribution in [-0.4, -0.2) is 17.3 Å². The van der Waals surface area contributed by atoms with Crippen molar-refractivity contribution in [2.24, 2.45) is 0 Å². The van der Waals surface area contributed by atoms with Crippen molar-refractivity contribution >= 4 is 23.5 Å². The van der Waals surface area contributed by atoms with Gasteiger partial charge in [-0.05, 0) is 42.9 Å². The van der Waals surface area contributed by atoms with Crippen LogP contribution in [0.25, 0.3) is 10.9 Å². The Bertz CT molecular complexity index is 458. The van der Waals surface area contributed by atoms with E-state index in [1.807, 2.05) is 30.3 Å². The van der Waals surface area contributed by atoms with Crippen molar-refractivity contribution in [2.75, 3.05) is 12.4 Å². The van der Waals surface area contributed by atoms with E-state index < -0.39 is 0 Å². The Labute approximate surface area is 101 Å². The summed E-state index contributed by atoms with van der Waals surface area (Å²) in [6.07, 6.45) is 3.95. The number of rotatable bonds is 5. The summed E-state index contributed by atoms with van der Waals surface area (Å²) in [5, 5.41) is 1.12. The zero-order valence-electron chi connectivity index (χ0n) is 9.10. The first-order valence-corrected chi connectivity index (χ1v) is 6.12. The van der Waals surface area contributed by atoms with Crippen LogP contribution in [0.2, 0.25) is 0 Å². The van der Waals surface area contributed by atoms with Crippen LogP contribution in [-0.2, 0) is 0 Å². The largest absolute Gasteiger partial charge is 0.494 e. The number of unbranched alkanes of at least 4 members (excludes halogenated alkanes) is 1. The maximum atomic E-state index is 5.65. The van der Waals surface area contributed by atoms with E-state index in [0.717, 1.165) is 41.9 Å². The number of aromatic nitrogens is 1. The topological polar surface area (TPSA) is 22.1 Å². The van der Waals surface area contributed by atoms with Crippen LogP contribution in [0, 0.1) is 0 Å². The van der Waals surface area contributed by atoms with Gasteiger partial charge in [0.15, 0.2) is 0 Å². The first kappa shape index (κ1) is 11.3. The van der Waals surface area contributed by atoms with Crippen molar-refractivity contribution in [1.82, 2.24) is 4.98 Å². The zero-order chi connectivity index (χ0) is 11.2. The normalized spacial score (nSPS) is 10.6. The summed E-state index contributed by atoms with van der Waals surface area (Å²) in [7, 11) is 0. The molecule has 1 aromatic carbocycles. The Morgan fingerprint density at radius 1 is 1.19 bits per heavy atom. The summed E-state index contributed by atoms with van der Waals surface area (Å²) in [6, 6.07) is 9.97. The predicted molar refractivity (Wildman–Crippen MR) is 70.3 cm³/mol. The molecule has 0 atom stereocenters. The van der Waals surface area contributed by atoms with E-state index in [1.54, 1.807) is 6.20 Å². The molecule has 0 fully saturated rings. The molecule has 0 aliphatic rings. The fourth-order valence-corrected chi connectivity index (χ4v) is 1.77. The fraction of sp³-hybridized carbons (Fsp3) is 0.308. The van der Waals surface area contributed by atoms with Crippen molar-refractivity contribution < 1.29 is 4.74 Å². The van der Waals surface area contributed by atoms with Gasteiger partial charge in [0, 0.05) is 11.6 Å². The lowest BCUT2D eigenvalue weighted by atomic mass is 10.2. The molecule has 16 heavy (non-hydrogen) atoms. The molecule has 1 aromatic heterocycles. The van der Waals surface area contributed by atoms with E-state index in [0.29, 0.717) is 0 Å². The molecule has 0 radical (unpaired) electrons. The van der Waals surface area contributed by atoms with Gasteiger partial charge in [0.1, 0.15) is 5.75 Å². The summed E-state index contributed by atoms with van der Waals surface area (Å²) in [6.45, 7) is 0.756. The molecule has 0 saturated heterocycles. The SMILES string of the molecule is SCCCCOc1ccc2ncccc2c1. The lowest BCUT2D eigenvalue weighted by molar-refractivity contribution is 0.310. The van der Waals surface area contributed by atoms with Gasteiger partial charge in [-0.15, -0.1) is 0 Å². The van der Waals surface area contributed by atoms with Crippen LogP contribution in [0.4, 0.5) is 0 Å². The van der Waals surface area contributed by atoms with Gasteiger partial charge < -0.3 is 4.74 Å². The molecule has 0 saturated carbocycles. The van der Waals surface area contributed by atoms with Gasteiger partial charge in [-0.3, -0.25) is 4.98 Å². The smallest absolute Gasteiger partial charge is 0.120 e. The highest BCUT2D eigenvalue weighted by Gasteiger charge is 1.97. The molecule has 3 heteroatoms. The van der Waals surface area contributed by atoms with E-state index in [2.05, 4.69) is 17.6 Å². The molecular formula is C13H15NOS. The van der Waals surface area contributed by atoms with Gasteiger partial charge in [-0.2, -0.15) is 12.6 Å². The number of benzene rings is 1. The van der Waals surface area contributed by atoms with Crippen molar-refractivity contribution in [2.45, 2.75) is 12.8 Å². The van der Waals surface area contributed by atoms with Crippen molar-refractivity contribution in [3.63, 3.8) is 0 Å². The summed E-state index contributed by atoms with van der Waals surface area (Å²) in [4.78, 5) is 4.27. The summed E-state index contributed by atoms with van der Waals surface area (Å²) >= 11 is 4.17. The van der Waals surface area contributed by atoms with Crippen LogP contribution in [0.1, 0.15) is 12.8 Å². The molecule has 0 N–H and O–H groups in total. The summed E-state index contributed by atoms with van der Waals surface area (Å²) < 4.78 is 5.65. The number of pyridine rings is 1. The van der Waals surface area contributed by atoms with Crippen LogP contribution >= 0.6 is 12.6 Å².